The Labute approximate surface area is 121 Å². The molecule has 0 spiro atoms. The van der Waals surface area contributed by atoms with E-state index < -0.39 is 5.91 Å². The minimum absolute atomic E-state index is 0.282. The van der Waals surface area contributed by atoms with Gasteiger partial charge in [-0.05, 0) is 12.1 Å². The van der Waals surface area contributed by atoms with E-state index in [2.05, 4.69) is 31.2 Å². The van der Waals surface area contributed by atoms with E-state index in [9.17, 15) is 4.79 Å². The van der Waals surface area contributed by atoms with Gasteiger partial charge in [-0.2, -0.15) is 0 Å². The Morgan fingerprint density at radius 3 is 2.62 bits per heavy atom. The molecule has 0 aromatic carbocycles. The lowest BCUT2D eigenvalue weighted by atomic mass is 10.3. The van der Waals surface area contributed by atoms with Gasteiger partial charge >= 0.3 is 0 Å². The van der Waals surface area contributed by atoms with Crippen LogP contribution < -0.4 is 22.0 Å². The van der Waals surface area contributed by atoms with Gasteiger partial charge in [0, 0.05) is 20.3 Å². The second-order valence-corrected chi connectivity index (χ2v) is 4.28. The quantitative estimate of drug-likeness (QED) is 0.572. The molecule has 0 saturated carbocycles. The number of nitrogens with zero attached hydrogens (tertiary/aromatic N) is 4. The van der Waals surface area contributed by atoms with Gasteiger partial charge in [0.2, 0.25) is 0 Å². The second kappa shape index (κ2) is 6.48. The number of aromatic nitrogens is 3. The molecule has 0 radical (unpaired) electrons. The van der Waals surface area contributed by atoms with E-state index in [0.29, 0.717) is 11.6 Å². The maximum absolute atomic E-state index is 11.8. The summed E-state index contributed by atoms with van der Waals surface area (Å²) in [6.45, 7) is 0. The summed E-state index contributed by atoms with van der Waals surface area (Å²) in [5.41, 5.74) is 14.5. The predicted molar refractivity (Wildman–Crippen MR) is 79.1 cm³/mol. The average molecular weight is 288 g/mol. The average Bonchev–Trinajstić information content (AvgIpc) is 2.48. The van der Waals surface area contributed by atoms with Crippen LogP contribution >= 0.6 is 0 Å². The van der Waals surface area contributed by atoms with E-state index >= 15 is 0 Å². The number of nitrogens with one attached hydrogen (secondary N) is 3. The summed E-state index contributed by atoms with van der Waals surface area (Å²) in [6.07, 6.45) is 2.87. The van der Waals surface area contributed by atoms with Gasteiger partial charge in [-0.15, -0.1) is 0 Å². The SMILES string of the molecule is CN(C)Nc1ncnc(NNC(=O)c2ccccn2)c1N. The molecule has 110 valence electrons. The van der Waals surface area contributed by atoms with Crippen molar-refractivity contribution in [2.75, 3.05) is 30.7 Å². The number of hydrazine groups is 2. The summed E-state index contributed by atoms with van der Waals surface area (Å²) in [5, 5.41) is 1.69. The molecule has 9 heteroatoms. The maximum Gasteiger partial charge on any atom is 0.288 e. The minimum atomic E-state index is -0.393. The van der Waals surface area contributed by atoms with Crippen molar-refractivity contribution in [1.82, 2.24) is 25.4 Å². The summed E-state index contributed by atoms with van der Waals surface area (Å²) in [7, 11) is 3.61. The van der Waals surface area contributed by atoms with Crippen LogP contribution in [0.1, 0.15) is 10.5 Å². The molecule has 0 fully saturated rings. The van der Waals surface area contributed by atoms with Gasteiger partial charge in [-0.1, -0.05) is 6.07 Å². The van der Waals surface area contributed by atoms with Gasteiger partial charge in [0.05, 0.1) is 0 Å². The molecule has 0 saturated heterocycles. The zero-order valence-electron chi connectivity index (χ0n) is 11.7. The van der Waals surface area contributed by atoms with Crippen molar-refractivity contribution in [1.29, 1.82) is 0 Å². The van der Waals surface area contributed by atoms with Crippen molar-refractivity contribution in [2.24, 2.45) is 0 Å². The topological polar surface area (TPSA) is 121 Å². The van der Waals surface area contributed by atoms with E-state index in [4.69, 9.17) is 5.73 Å². The third-order valence-electron chi connectivity index (χ3n) is 2.41. The van der Waals surface area contributed by atoms with Crippen LogP contribution in [0.4, 0.5) is 17.3 Å². The number of hydrogen-bond acceptors (Lipinski definition) is 8. The van der Waals surface area contributed by atoms with Crippen LogP contribution in [0, 0.1) is 0 Å². The van der Waals surface area contributed by atoms with Gasteiger partial charge in [0.15, 0.2) is 11.6 Å². The number of amides is 1. The molecule has 2 heterocycles. The van der Waals surface area contributed by atoms with Crippen LogP contribution in [0.25, 0.3) is 0 Å². The highest BCUT2D eigenvalue weighted by Gasteiger charge is 2.10. The smallest absolute Gasteiger partial charge is 0.288 e. The Hall–Kier alpha value is -2.94. The molecule has 0 unspecified atom stereocenters. The number of hydrogen-bond donors (Lipinski definition) is 4. The Kier molecular flexibility index (Phi) is 4.46. The molecular weight excluding hydrogens is 272 g/mol. The number of anilines is 3. The fourth-order valence-electron chi connectivity index (χ4n) is 1.47. The van der Waals surface area contributed by atoms with Gasteiger partial charge in [0.25, 0.3) is 5.91 Å². The van der Waals surface area contributed by atoms with Crippen molar-refractivity contribution in [2.45, 2.75) is 0 Å². The maximum atomic E-state index is 11.8. The van der Waals surface area contributed by atoms with Crippen molar-refractivity contribution in [3.8, 4) is 0 Å². The number of nitrogen functional groups attached to an aromatic ring is 1. The molecule has 0 bridgehead atoms. The molecule has 9 nitrogen and oxygen atoms in total. The van der Waals surface area contributed by atoms with Gasteiger partial charge in [0.1, 0.15) is 17.7 Å². The zero-order chi connectivity index (χ0) is 15.2. The first-order chi connectivity index (χ1) is 10.1. The van der Waals surface area contributed by atoms with E-state index in [1.807, 2.05) is 0 Å². The first-order valence-electron chi connectivity index (χ1n) is 6.09. The monoisotopic (exact) mass is 288 g/mol. The van der Waals surface area contributed by atoms with Crippen LogP contribution in [0.3, 0.4) is 0 Å². The normalized spacial score (nSPS) is 10.2. The largest absolute Gasteiger partial charge is 0.393 e. The van der Waals surface area contributed by atoms with Crippen LogP contribution in [-0.4, -0.2) is 40.0 Å². The molecule has 5 N–H and O–H groups in total. The third kappa shape index (κ3) is 3.76. The summed E-state index contributed by atoms with van der Waals surface area (Å²) in [4.78, 5) is 23.8. The zero-order valence-corrected chi connectivity index (χ0v) is 11.7. The third-order valence-corrected chi connectivity index (χ3v) is 2.41. The number of pyridine rings is 1. The molecule has 2 rings (SSSR count). The molecule has 0 atom stereocenters. The number of nitrogens with two attached hydrogens (primary N) is 1. The summed E-state index contributed by atoms with van der Waals surface area (Å²) in [5.74, 6) is 0.332. The Balaban J connectivity index is 2.05. The molecule has 2 aromatic rings. The van der Waals surface area contributed by atoms with Crippen molar-refractivity contribution >= 4 is 23.2 Å². The van der Waals surface area contributed by atoms with Crippen LogP contribution in [0.5, 0.6) is 0 Å². The lowest BCUT2D eigenvalue weighted by Crippen LogP contribution is -2.31. The molecule has 0 aliphatic rings. The van der Waals surface area contributed by atoms with Crippen LogP contribution in [-0.2, 0) is 0 Å². The molecule has 1 amide bonds. The van der Waals surface area contributed by atoms with Crippen LogP contribution in [0.2, 0.25) is 0 Å². The van der Waals surface area contributed by atoms with E-state index in [1.165, 1.54) is 12.5 Å². The highest BCUT2D eigenvalue weighted by atomic mass is 16.2. The molecule has 21 heavy (non-hydrogen) atoms. The van der Waals surface area contributed by atoms with Gasteiger partial charge in [-0.3, -0.25) is 20.6 Å². The Morgan fingerprint density at radius 1 is 1.19 bits per heavy atom. The van der Waals surface area contributed by atoms with Crippen LogP contribution in [0.15, 0.2) is 30.7 Å². The number of carbonyl (C=O) groups is 1. The van der Waals surface area contributed by atoms with Gasteiger partial charge in [-0.25, -0.2) is 15.0 Å². The number of carbonyl (C=O) groups excluding carboxylic acids is 1. The van der Waals surface area contributed by atoms with Crippen molar-refractivity contribution < 1.29 is 4.79 Å². The summed E-state index contributed by atoms with van der Waals surface area (Å²) < 4.78 is 0. The fourth-order valence-corrected chi connectivity index (χ4v) is 1.47. The first kappa shape index (κ1) is 14.5. The lowest BCUT2D eigenvalue weighted by Gasteiger charge is -2.16. The molecule has 2 aromatic heterocycles. The Morgan fingerprint density at radius 2 is 1.95 bits per heavy atom. The number of rotatable bonds is 5. The lowest BCUT2D eigenvalue weighted by molar-refractivity contribution is 0.0957. The molecule has 0 aliphatic heterocycles. The van der Waals surface area contributed by atoms with Gasteiger partial charge < -0.3 is 11.2 Å². The van der Waals surface area contributed by atoms with E-state index in [0.717, 1.165) is 0 Å². The first-order valence-corrected chi connectivity index (χ1v) is 6.09. The summed E-state index contributed by atoms with van der Waals surface area (Å²) >= 11 is 0. The standard InChI is InChI=1S/C12H16N8O/c1-20(2)19-11-9(13)10(15-7-16-11)17-18-12(21)8-5-3-4-6-14-8/h3-7H,13H2,1-2H3,(H,18,21)(H2,15,16,17,19). The van der Waals surface area contributed by atoms with E-state index in [-0.39, 0.29) is 11.4 Å². The van der Waals surface area contributed by atoms with Crippen molar-refractivity contribution in [3.63, 3.8) is 0 Å². The second-order valence-electron chi connectivity index (χ2n) is 4.28. The highest BCUT2D eigenvalue weighted by molar-refractivity contribution is 5.93. The van der Waals surface area contributed by atoms with E-state index in [1.54, 1.807) is 37.3 Å². The molecule has 0 aliphatic carbocycles. The minimum Gasteiger partial charge on any atom is -0.393 e. The van der Waals surface area contributed by atoms with Crippen molar-refractivity contribution in [3.05, 3.63) is 36.4 Å². The summed E-state index contributed by atoms with van der Waals surface area (Å²) in [6, 6.07) is 5.05. The highest BCUT2D eigenvalue weighted by Crippen LogP contribution is 2.21. The molecular formula is C12H16N8O. The predicted octanol–water partition coefficient (Wildman–Crippen LogP) is 0.0992. The Bertz CT molecular complexity index is 616. The fraction of sp³-hybridized carbons (Fsp3) is 0.167.